The summed E-state index contributed by atoms with van der Waals surface area (Å²) in [6.07, 6.45) is 3.56. The molecule has 0 atom stereocenters. The molecule has 3 heteroatoms. The van der Waals surface area contributed by atoms with Crippen LogP contribution >= 0.6 is 22.6 Å². The topological polar surface area (TPSA) is 33.4 Å². The van der Waals surface area contributed by atoms with Crippen molar-refractivity contribution < 1.29 is 9.52 Å². The molecule has 0 saturated heterocycles. The molecular weight excluding hydrogens is 315 g/mol. The van der Waals surface area contributed by atoms with E-state index in [1.54, 1.807) is 13.2 Å². The molecule has 0 aliphatic carbocycles. The Kier molecular flexibility index (Phi) is 3.33. The molecule has 0 aliphatic rings. The molecule has 2 nitrogen and oxygen atoms in total. The largest absolute Gasteiger partial charge is 0.509 e. The lowest BCUT2D eigenvalue weighted by Crippen LogP contribution is -2.21. The van der Waals surface area contributed by atoms with E-state index in [0.29, 0.717) is 5.42 Å². The number of benzene rings is 1. The molecule has 1 N–H and O–H groups in total. The first-order chi connectivity index (χ1) is 7.66. The molecule has 82 valence electrons. The Morgan fingerprint density at radius 1 is 1.25 bits per heavy atom. The summed E-state index contributed by atoms with van der Waals surface area (Å²) in [4.78, 5) is 0. The van der Waals surface area contributed by atoms with Crippen molar-refractivity contribution in [3.05, 3.63) is 56.4 Å². The molecule has 1 aromatic carbocycles. The molecule has 0 aliphatic heterocycles. The highest BCUT2D eigenvalue weighted by Crippen LogP contribution is 2.06. The van der Waals surface area contributed by atoms with E-state index in [1.807, 2.05) is 36.4 Å². The monoisotopic (exact) mass is 326 g/mol. The molecule has 1 aromatic heterocycles. The fourth-order valence-electron chi connectivity index (χ4n) is 1.47. The van der Waals surface area contributed by atoms with Gasteiger partial charge in [0, 0.05) is 8.79 Å². The summed E-state index contributed by atoms with van der Waals surface area (Å²) in [6, 6.07) is 9.99. The second-order valence-electron chi connectivity index (χ2n) is 3.49. The van der Waals surface area contributed by atoms with Gasteiger partial charge in [0.25, 0.3) is 0 Å². The number of hydrogen-bond acceptors (Lipinski definition) is 2. The quantitative estimate of drug-likeness (QED) is 0.817. The number of halogens is 1. The summed E-state index contributed by atoms with van der Waals surface area (Å²) in [6.45, 7) is 1.62. The van der Waals surface area contributed by atoms with Gasteiger partial charge >= 0.3 is 0 Å². The lowest BCUT2D eigenvalue weighted by molar-refractivity contribution is 0.451. The molecule has 0 amide bonds. The van der Waals surface area contributed by atoms with Crippen LogP contribution < -0.4 is 10.6 Å². The van der Waals surface area contributed by atoms with Crippen molar-refractivity contribution >= 4 is 34.4 Å². The van der Waals surface area contributed by atoms with Gasteiger partial charge in [-0.25, -0.2) is 0 Å². The molecule has 0 spiro atoms. The van der Waals surface area contributed by atoms with Crippen molar-refractivity contribution in [3.63, 3.8) is 0 Å². The summed E-state index contributed by atoms with van der Waals surface area (Å²) in [7, 11) is 0. The van der Waals surface area contributed by atoms with Crippen LogP contribution in [0.4, 0.5) is 0 Å². The third kappa shape index (κ3) is 2.47. The average Bonchev–Trinajstić information content (AvgIpc) is 2.69. The number of rotatable bonds is 1. The predicted molar refractivity (Wildman–Crippen MR) is 72.4 cm³/mol. The molecule has 0 fully saturated rings. The van der Waals surface area contributed by atoms with Gasteiger partial charge in [-0.05, 0) is 59.4 Å². The molecular formula is C13H11IO2. The fraction of sp³-hybridized carbons (Fsp3) is 0.0769. The molecule has 2 rings (SSSR count). The van der Waals surface area contributed by atoms with Crippen molar-refractivity contribution in [2.75, 3.05) is 0 Å². The van der Waals surface area contributed by atoms with Gasteiger partial charge < -0.3 is 9.52 Å². The number of furan rings is 1. The Labute approximate surface area is 107 Å². The van der Waals surface area contributed by atoms with Gasteiger partial charge in [0.15, 0.2) is 5.42 Å². The highest BCUT2D eigenvalue weighted by atomic mass is 127. The van der Waals surface area contributed by atoms with Crippen molar-refractivity contribution in [1.82, 2.24) is 0 Å². The second-order valence-corrected chi connectivity index (χ2v) is 4.73. The lowest BCUT2D eigenvalue weighted by atomic mass is 10.2. The zero-order chi connectivity index (χ0) is 11.5. The Hall–Kier alpha value is -1.23. The van der Waals surface area contributed by atoms with Gasteiger partial charge in [0.05, 0.1) is 6.26 Å². The van der Waals surface area contributed by atoms with Crippen molar-refractivity contribution in [1.29, 1.82) is 0 Å². The van der Waals surface area contributed by atoms with E-state index < -0.39 is 0 Å². The average molecular weight is 326 g/mol. The van der Waals surface area contributed by atoms with E-state index in [9.17, 15) is 5.11 Å². The molecule has 0 bridgehead atoms. The maximum Gasteiger partial charge on any atom is 0.170 e. The van der Waals surface area contributed by atoms with E-state index in [2.05, 4.69) is 22.6 Å². The minimum absolute atomic E-state index is 0.196. The van der Waals surface area contributed by atoms with E-state index in [4.69, 9.17) is 4.42 Å². The van der Waals surface area contributed by atoms with Crippen LogP contribution in [-0.4, -0.2) is 5.11 Å². The summed E-state index contributed by atoms with van der Waals surface area (Å²) >= 11 is 2.27. The number of aliphatic hydroxyl groups is 1. The first kappa shape index (κ1) is 11.3. The maximum atomic E-state index is 9.42. The zero-order valence-electron chi connectivity index (χ0n) is 8.77. The Bertz CT molecular complexity index is 590. The summed E-state index contributed by atoms with van der Waals surface area (Å²) in [5, 5.41) is 10.3. The van der Waals surface area contributed by atoms with E-state index in [0.717, 1.165) is 10.8 Å². The van der Waals surface area contributed by atoms with Crippen LogP contribution in [0.25, 0.3) is 11.8 Å². The molecule has 16 heavy (non-hydrogen) atoms. The third-order valence-electron chi connectivity index (χ3n) is 2.22. The van der Waals surface area contributed by atoms with Crippen molar-refractivity contribution in [2.45, 2.75) is 6.92 Å². The van der Waals surface area contributed by atoms with Gasteiger partial charge in [-0.2, -0.15) is 0 Å². The van der Waals surface area contributed by atoms with Crippen LogP contribution in [0.5, 0.6) is 0 Å². The van der Waals surface area contributed by atoms with E-state index >= 15 is 0 Å². The predicted octanol–water partition coefficient (Wildman–Crippen LogP) is 2.40. The Balaban J connectivity index is 2.56. The standard InChI is InChI=1S/C13H11IO2/c1-9(15)13-11(6-7-16-13)8-10-2-4-12(14)5-3-10/h2-8,15H,1H3. The van der Waals surface area contributed by atoms with Crippen LogP contribution in [0.1, 0.15) is 12.5 Å². The summed E-state index contributed by atoms with van der Waals surface area (Å²) in [5.74, 6) is 0.196. The smallest absolute Gasteiger partial charge is 0.170 e. The van der Waals surface area contributed by atoms with Gasteiger partial charge in [-0.15, -0.1) is 0 Å². The van der Waals surface area contributed by atoms with Crippen LogP contribution in [0.15, 0.2) is 41.0 Å². The summed E-state index contributed by atoms with van der Waals surface area (Å²) < 4.78 is 6.40. The fourth-order valence-corrected chi connectivity index (χ4v) is 1.83. The van der Waals surface area contributed by atoms with Crippen molar-refractivity contribution in [3.8, 4) is 0 Å². The molecule has 1 heterocycles. The number of hydrogen-bond donors (Lipinski definition) is 1. The highest BCUT2D eigenvalue weighted by Gasteiger charge is 1.94. The van der Waals surface area contributed by atoms with E-state index in [-0.39, 0.29) is 5.76 Å². The van der Waals surface area contributed by atoms with Gasteiger partial charge in [0.1, 0.15) is 5.76 Å². The van der Waals surface area contributed by atoms with Gasteiger partial charge in [-0.1, -0.05) is 12.1 Å². The zero-order valence-corrected chi connectivity index (χ0v) is 10.9. The van der Waals surface area contributed by atoms with Crippen molar-refractivity contribution in [2.24, 2.45) is 0 Å². The first-order valence-electron chi connectivity index (χ1n) is 4.87. The normalized spacial score (nSPS) is 14.0. The second kappa shape index (κ2) is 4.74. The maximum absolute atomic E-state index is 9.42. The van der Waals surface area contributed by atoms with Crippen LogP contribution in [0.2, 0.25) is 0 Å². The van der Waals surface area contributed by atoms with Gasteiger partial charge in [-0.3, -0.25) is 0 Å². The minimum Gasteiger partial charge on any atom is -0.509 e. The first-order valence-corrected chi connectivity index (χ1v) is 5.95. The van der Waals surface area contributed by atoms with Gasteiger partial charge in [0.2, 0.25) is 0 Å². The lowest BCUT2D eigenvalue weighted by Gasteiger charge is -1.92. The van der Waals surface area contributed by atoms with E-state index in [1.165, 1.54) is 3.57 Å². The Morgan fingerprint density at radius 3 is 2.56 bits per heavy atom. The molecule has 2 aromatic rings. The third-order valence-corrected chi connectivity index (χ3v) is 2.94. The minimum atomic E-state index is 0.196. The SMILES string of the molecule is CC(O)=c1occc1=Cc1ccc(I)cc1. The number of aliphatic hydroxyl groups excluding tert-OH is 1. The highest BCUT2D eigenvalue weighted by molar-refractivity contribution is 14.1. The Morgan fingerprint density at radius 2 is 1.94 bits per heavy atom. The van der Waals surface area contributed by atoms with Crippen LogP contribution in [0, 0.1) is 3.57 Å². The summed E-state index contributed by atoms with van der Waals surface area (Å²) in [5.41, 5.74) is 1.61. The van der Waals surface area contributed by atoms with Crippen LogP contribution in [-0.2, 0) is 0 Å². The van der Waals surface area contributed by atoms with Crippen LogP contribution in [0.3, 0.4) is 0 Å². The molecule has 0 radical (unpaired) electrons. The molecule has 0 saturated carbocycles. The molecule has 0 unspecified atom stereocenters.